The van der Waals surface area contributed by atoms with E-state index in [0.717, 1.165) is 42.8 Å². The van der Waals surface area contributed by atoms with Crippen molar-refractivity contribution in [3.63, 3.8) is 0 Å². The summed E-state index contributed by atoms with van der Waals surface area (Å²) in [6, 6.07) is 8.07. The number of nitrogens with two attached hydrogens (primary N) is 1. The van der Waals surface area contributed by atoms with E-state index >= 15 is 0 Å². The molecule has 1 atom stereocenters. The molecule has 106 valence electrons. The fourth-order valence-electron chi connectivity index (χ4n) is 2.62. The van der Waals surface area contributed by atoms with Gasteiger partial charge in [0.15, 0.2) is 5.82 Å². The highest BCUT2D eigenvalue weighted by atomic mass is 16.5. The zero-order chi connectivity index (χ0) is 13.9. The summed E-state index contributed by atoms with van der Waals surface area (Å²) < 4.78 is 5.68. The van der Waals surface area contributed by atoms with Gasteiger partial charge in [0.1, 0.15) is 0 Å². The van der Waals surface area contributed by atoms with E-state index in [1.54, 1.807) is 0 Å². The predicted octanol–water partition coefficient (Wildman–Crippen LogP) is 1.96. The van der Waals surface area contributed by atoms with Crippen molar-refractivity contribution in [2.45, 2.75) is 25.8 Å². The Kier molecular flexibility index (Phi) is 3.69. The third-order valence-electron chi connectivity index (χ3n) is 3.56. The molecule has 2 aromatic rings. The molecule has 1 unspecified atom stereocenters. The summed E-state index contributed by atoms with van der Waals surface area (Å²) in [5, 5.41) is 0. The van der Waals surface area contributed by atoms with Gasteiger partial charge in [0.2, 0.25) is 0 Å². The third kappa shape index (κ3) is 2.54. The lowest BCUT2D eigenvalue weighted by Crippen LogP contribution is -2.43. The van der Waals surface area contributed by atoms with E-state index in [4.69, 9.17) is 15.5 Å². The van der Waals surface area contributed by atoms with Gasteiger partial charge in [0.25, 0.3) is 5.88 Å². The van der Waals surface area contributed by atoms with Crippen LogP contribution >= 0.6 is 0 Å². The minimum atomic E-state index is 0.200. The van der Waals surface area contributed by atoms with Crippen LogP contribution in [0, 0.1) is 0 Å². The summed E-state index contributed by atoms with van der Waals surface area (Å²) in [7, 11) is 0. The van der Waals surface area contributed by atoms with E-state index in [0.29, 0.717) is 12.5 Å². The van der Waals surface area contributed by atoms with Gasteiger partial charge in [-0.05, 0) is 31.9 Å². The average molecular weight is 272 g/mol. The summed E-state index contributed by atoms with van der Waals surface area (Å²) in [6.07, 6.45) is 2.16. The lowest BCUT2D eigenvalue weighted by molar-refractivity contribution is 0.325. The zero-order valence-corrected chi connectivity index (χ0v) is 11.7. The first-order valence-electron chi connectivity index (χ1n) is 7.18. The van der Waals surface area contributed by atoms with Gasteiger partial charge in [0, 0.05) is 19.1 Å². The van der Waals surface area contributed by atoms with Gasteiger partial charge in [-0.25, -0.2) is 9.97 Å². The number of hydrogen-bond acceptors (Lipinski definition) is 5. The fourth-order valence-corrected chi connectivity index (χ4v) is 2.62. The van der Waals surface area contributed by atoms with Crippen LogP contribution in [0.1, 0.15) is 19.8 Å². The number of fused-ring (bicyclic) bond motifs is 1. The molecule has 1 aromatic heterocycles. The number of piperidine rings is 1. The molecule has 0 spiro atoms. The van der Waals surface area contributed by atoms with Crippen molar-refractivity contribution in [2.75, 3.05) is 24.6 Å². The molecule has 0 amide bonds. The number of ether oxygens (including phenoxy) is 1. The van der Waals surface area contributed by atoms with Gasteiger partial charge in [-0.1, -0.05) is 12.1 Å². The van der Waals surface area contributed by atoms with Crippen molar-refractivity contribution >= 4 is 16.9 Å². The SMILES string of the molecule is CCOc1nc2ccccc2nc1N1CCCC(N)C1. The Balaban J connectivity index is 2.04. The van der Waals surface area contributed by atoms with Crippen LogP contribution in [0.2, 0.25) is 0 Å². The molecule has 0 saturated carbocycles. The monoisotopic (exact) mass is 272 g/mol. The number of aromatic nitrogens is 2. The Morgan fingerprint density at radius 1 is 1.30 bits per heavy atom. The van der Waals surface area contributed by atoms with Gasteiger partial charge in [-0.3, -0.25) is 0 Å². The van der Waals surface area contributed by atoms with Crippen molar-refractivity contribution in [3.05, 3.63) is 24.3 Å². The standard InChI is InChI=1S/C15H20N4O/c1-2-20-15-14(19-9-5-6-11(16)10-19)17-12-7-3-4-8-13(12)18-15/h3-4,7-8,11H,2,5-6,9-10,16H2,1H3. The topological polar surface area (TPSA) is 64.3 Å². The van der Waals surface area contributed by atoms with Gasteiger partial charge in [-0.2, -0.15) is 0 Å². The van der Waals surface area contributed by atoms with E-state index in [9.17, 15) is 0 Å². The van der Waals surface area contributed by atoms with Crippen LogP contribution < -0.4 is 15.4 Å². The highest BCUT2D eigenvalue weighted by Gasteiger charge is 2.22. The molecule has 20 heavy (non-hydrogen) atoms. The summed E-state index contributed by atoms with van der Waals surface area (Å²) >= 11 is 0. The van der Waals surface area contributed by atoms with Crippen LogP contribution in [0.3, 0.4) is 0 Å². The predicted molar refractivity (Wildman–Crippen MR) is 80.1 cm³/mol. The molecule has 0 radical (unpaired) electrons. The Labute approximate surface area is 118 Å². The van der Waals surface area contributed by atoms with Crippen LogP contribution in [0.4, 0.5) is 5.82 Å². The molecule has 1 aromatic carbocycles. The lowest BCUT2D eigenvalue weighted by atomic mass is 10.1. The molecule has 2 heterocycles. The van der Waals surface area contributed by atoms with Crippen LogP contribution in [-0.4, -0.2) is 35.7 Å². The van der Waals surface area contributed by atoms with E-state index in [-0.39, 0.29) is 6.04 Å². The zero-order valence-electron chi connectivity index (χ0n) is 11.7. The fraction of sp³-hybridized carbons (Fsp3) is 0.467. The molecule has 0 aliphatic carbocycles. The Hall–Kier alpha value is -1.88. The molecule has 5 nitrogen and oxygen atoms in total. The highest BCUT2D eigenvalue weighted by molar-refractivity contribution is 5.77. The summed E-state index contributed by atoms with van der Waals surface area (Å²) in [5.41, 5.74) is 7.82. The molecule has 2 N–H and O–H groups in total. The van der Waals surface area contributed by atoms with Crippen molar-refractivity contribution < 1.29 is 4.74 Å². The minimum Gasteiger partial charge on any atom is -0.475 e. The number of benzene rings is 1. The number of rotatable bonds is 3. The molecule has 1 aliphatic rings. The van der Waals surface area contributed by atoms with E-state index in [1.165, 1.54) is 0 Å². The Morgan fingerprint density at radius 2 is 2.05 bits per heavy atom. The quantitative estimate of drug-likeness (QED) is 0.925. The molecule has 1 fully saturated rings. The van der Waals surface area contributed by atoms with Crippen LogP contribution in [-0.2, 0) is 0 Å². The number of hydrogen-bond donors (Lipinski definition) is 1. The normalized spacial score (nSPS) is 19.3. The summed E-state index contributed by atoms with van der Waals surface area (Å²) in [6.45, 7) is 4.32. The second-order valence-corrected chi connectivity index (χ2v) is 5.12. The Bertz CT molecular complexity index is 601. The first-order valence-corrected chi connectivity index (χ1v) is 7.18. The molecule has 5 heteroatoms. The molecule has 1 saturated heterocycles. The molecular weight excluding hydrogens is 252 g/mol. The molecule has 0 bridgehead atoms. The lowest BCUT2D eigenvalue weighted by Gasteiger charge is -2.32. The maximum Gasteiger partial charge on any atom is 0.258 e. The van der Waals surface area contributed by atoms with Crippen LogP contribution in [0.5, 0.6) is 5.88 Å². The molecule has 3 rings (SSSR count). The maximum atomic E-state index is 6.07. The van der Waals surface area contributed by atoms with E-state index < -0.39 is 0 Å². The van der Waals surface area contributed by atoms with Crippen LogP contribution in [0.25, 0.3) is 11.0 Å². The van der Waals surface area contributed by atoms with Crippen LogP contribution in [0.15, 0.2) is 24.3 Å². The number of anilines is 1. The van der Waals surface area contributed by atoms with E-state index in [2.05, 4.69) is 9.88 Å². The summed E-state index contributed by atoms with van der Waals surface area (Å²) in [5.74, 6) is 1.43. The maximum absolute atomic E-state index is 6.07. The van der Waals surface area contributed by atoms with Gasteiger partial charge < -0.3 is 15.4 Å². The number of nitrogens with zero attached hydrogens (tertiary/aromatic N) is 3. The first kappa shape index (κ1) is 13.1. The first-order chi connectivity index (χ1) is 9.78. The molecule has 1 aliphatic heterocycles. The Morgan fingerprint density at radius 3 is 2.75 bits per heavy atom. The minimum absolute atomic E-state index is 0.200. The largest absolute Gasteiger partial charge is 0.475 e. The number of para-hydroxylation sites is 2. The average Bonchev–Trinajstić information content (AvgIpc) is 2.47. The van der Waals surface area contributed by atoms with Crippen molar-refractivity contribution in [1.29, 1.82) is 0 Å². The van der Waals surface area contributed by atoms with Crippen molar-refractivity contribution in [3.8, 4) is 5.88 Å². The van der Waals surface area contributed by atoms with Crippen molar-refractivity contribution in [1.82, 2.24) is 9.97 Å². The second kappa shape index (κ2) is 5.63. The van der Waals surface area contributed by atoms with Gasteiger partial charge in [0.05, 0.1) is 17.6 Å². The second-order valence-electron chi connectivity index (χ2n) is 5.12. The van der Waals surface area contributed by atoms with Gasteiger partial charge in [-0.15, -0.1) is 0 Å². The highest BCUT2D eigenvalue weighted by Crippen LogP contribution is 2.28. The summed E-state index contributed by atoms with van der Waals surface area (Å²) in [4.78, 5) is 11.5. The van der Waals surface area contributed by atoms with Gasteiger partial charge >= 0.3 is 0 Å². The third-order valence-corrected chi connectivity index (χ3v) is 3.56. The smallest absolute Gasteiger partial charge is 0.258 e. The van der Waals surface area contributed by atoms with E-state index in [1.807, 2.05) is 31.2 Å². The van der Waals surface area contributed by atoms with Crippen molar-refractivity contribution in [2.24, 2.45) is 5.73 Å². The molecular formula is C15H20N4O.